The second kappa shape index (κ2) is 11.3. The highest BCUT2D eigenvalue weighted by atomic mass is 19.4. The highest BCUT2D eigenvalue weighted by Gasteiger charge is 2.66. The van der Waals surface area contributed by atoms with Crippen molar-refractivity contribution in [3.8, 4) is 17.6 Å². The standard InChI is InChI=1S/C35H37F3N2O4/c1-21(2)19-40(31(42)15-10-24-8-11-26(12-9-24)35(36,37)38)28-14-13-27-29-18-25-6-5-7-30-32(25)34(27,33(28)44-30)16-17-39(29)20-22(3)43-23(4)41/h5-9,11-12,21,27-29,33H,3,13-14,16-20H2,1-2,4H3/t27-,28-,29+,33-,34-/m0/s1. The van der Waals surface area contributed by atoms with Crippen LogP contribution in [0.15, 0.2) is 54.8 Å². The number of nitrogens with zero attached hydrogens (tertiary/aromatic N) is 2. The van der Waals surface area contributed by atoms with Crippen molar-refractivity contribution in [1.82, 2.24) is 9.80 Å². The Kier molecular flexibility index (Phi) is 7.77. The minimum Gasteiger partial charge on any atom is -0.487 e. The number of hydrogen-bond acceptors (Lipinski definition) is 5. The van der Waals surface area contributed by atoms with E-state index in [0.717, 1.165) is 50.1 Å². The molecule has 4 aliphatic rings. The number of halogens is 3. The number of amides is 1. The zero-order valence-corrected chi connectivity index (χ0v) is 25.2. The molecule has 1 saturated heterocycles. The van der Waals surface area contributed by atoms with Crippen molar-refractivity contribution in [3.05, 3.63) is 77.1 Å². The Hall–Kier alpha value is -3.77. The second-order valence-corrected chi connectivity index (χ2v) is 12.9. The average molecular weight is 607 g/mol. The third-order valence-corrected chi connectivity index (χ3v) is 9.72. The van der Waals surface area contributed by atoms with Crippen LogP contribution in [-0.4, -0.2) is 59.5 Å². The van der Waals surface area contributed by atoms with Crippen molar-refractivity contribution in [2.45, 2.75) is 76.2 Å². The van der Waals surface area contributed by atoms with Gasteiger partial charge in [-0.05, 0) is 80.0 Å². The first-order valence-electron chi connectivity index (χ1n) is 15.3. The number of alkyl halides is 3. The molecule has 5 atom stereocenters. The van der Waals surface area contributed by atoms with Crippen LogP contribution in [0.25, 0.3) is 0 Å². The van der Waals surface area contributed by atoms with Crippen LogP contribution < -0.4 is 4.74 Å². The van der Waals surface area contributed by atoms with E-state index < -0.39 is 11.7 Å². The van der Waals surface area contributed by atoms with Crippen molar-refractivity contribution in [2.24, 2.45) is 11.8 Å². The van der Waals surface area contributed by atoms with Gasteiger partial charge >= 0.3 is 12.1 Å². The fraction of sp³-hybridized carbons (Fsp3) is 0.486. The van der Waals surface area contributed by atoms with E-state index in [0.29, 0.717) is 30.3 Å². The maximum Gasteiger partial charge on any atom is 0.416 e. The molecule has 2 aliphatic carbocycles. The number of piperidine rings is 1. The summed E-state index contributed by atoms with van der Waals surface area (Å²) in [5.41, 5.74) is 1.88. The van der Waals surface area contributed by atoms with Crippen LogP contribution in [0.3, 0.4) is 0 Å². The maximum atomic E-state index is 13.8. The Morgan fingerprint density at radius 1 is 1.18 bits per heavy atom. The van der Waals surface area contributed by atoms with Gasteiger partial charge in [0.15, 0.2) is 0 Å². The second-order valence-electron chi connectivity index (χ2n) is 12.9. The van der Waals surface area contributed by atoms with E-state index in [1.54, 1.807) is 0 Å². The van der Waals surface area contributed by atoms with Crippen LogP contribution in [-0.2, 0) is 32.3 Å². The number of likely N-dealkylation sites (tertiary alicyclic amines) is 1. The molecule has 6 rings (SSSR count). The summed E-state index contributed by atoms with van der Waals surface area (Å²) < 4.78 is 51.2. The third-order valence-electron chi connectivity index (χ3n) is 9.72. The topological polar surface area (TPSA) is 59.1 Å². The maximum absolute atomic E-state index is 13.8. The van der Waals surface area contributed by atoms with Crippen molar-refractivity contribution in [2.75, 3.05) is 19.6 Å². The third kappa shape index (κ3) is 5.27. The van der Waals surface area contributed by atoms with Crippen molar-refractivity contribution >= 4 is 11.9 Å². The summed E-state index contributed by atoms with van der Waals surface area (Å²) in [4.78, 5) is 29.6. The number of carbonyl (C=O) groups excluding carboxylic acids is 2. The highest BCUT2D eigenvalue weighted by Crippen LogP contribution is 2.62. The van der Waals surface area contributed by atoms with Crippen molar-refractivity contribution < 1.29 is 32.2 Å². The molecule has 2 aromatic carbocycles. The van der Waals surface area contributed by atoms with Gasteiger partial charge in [0, 0.05) is 42.0 Å². The van der Waals surface area contributed by atoms with Gasteiger partial charge < -0.3 is 14.4 Å². The monoisotopic (exact) mass is 606 g/mol. The van der Waals surface area contributed by atoms with Gasteiger partial charge in [-0.3, -0.25) is 14.5 Å². The molecular weight excluding hydrogens is 569 g/mol. The zero-order chi connectivity index (χ0) is 31.4. The molecule has 1 spiro atoms. The van der Waals surface area contributed by atoms with Crippen LogP contribution in [0.2, 0.25) is 0 Å². The quantitative estimate of drug-likeness (QED) is 0.239. The van der Waals surface area contributed by atoms with E-state index in [9.17, 15) is 22.8 Å². The summed E-state index contributed by atoms with van der Waals surface area (Å²) in [5, 5.41) is 0. The molecule has 2 bridgehead atoms. The molecule has 232 valence electrons. The number of carbonyl (C=O) groups is 2. The normalized spacial score (nSPS) is 26.6. The van der Waals surface area contributed by atoms with Gasteiger partial charge in [0.05, 0.1) is 18.2 Å². The van der Waals surface area contributed by atoms with Crippen LogP contribution in [0.4, 0.5) is 13.2 Å². The molecule has 2 fully saturated rings. The number of rotatable bonds is 6. The number of benzene rings is 2. The SMILES string of the molecule is C=C(CN1CC[C@]23c4c5cccc4O[C@H]2[C@@H](N(CC(C)C)C(=O)C#Cc2ccc(C(F)(F)F)cc2)CC[C@H]3[C@H]1C5)OC(C)=O. The average Bonchev–Trinajstić information content (AvgIpc) is 3.30. The zero-order valence-electron chi connectivity index (χ0n) is 25.2. The molecule has 2 aromatic rings. The lowest BCUT2D eigenvalue weighted by molar-refractivity contribution is -0.140. The lowest BCUT2D eigenvalue weighted by Gasteiger charge is -2.60. The van der Waals surface area contributed by atoms with E-state index in [4.69, 9.17) is 9.47 Å². The fourth-order valence-electron chi connectivity index (χ4n) is 8.25. The Morgan fingerprint density at radius 3 is 2.61 bits per heavy atom. The molecule has 0 unspecified atom stereocenters. The first-order chi connectivity index (χ1) is 20.9. The molecule has 6 nitrogen and oxygen atoms in total. The first-order valence-corrected chi connectivity index (χ1v) is 15.3. The Bertz CT molecular complexity index is 1540. The molecule has 2 aliphatic heterocycles. The highest BCUT2D eigenvalue weighted by molar-refractivity contribution is 5.94. The molecule has 0 radical (unpaired) electrons. The fourth-order valence-corrected chi connectivity index (χ4v) is 8.25. The van der Waals surface area contributed by atoms with E-state index in [1.165, 1.54) is 30.2 Å². The van der Waals surface area contributed by atoms with Crippen molar-refractivity contribution in [1.29, 1.82) is 0 Å². The summed E-state index contributed by atoms with van der Waals surface area (Å²) in [6.07, 6.45) is -1.32. The molecule has 0 N–H and O–H groups in total. The van der Waals surface area contributed by atoms with E-state index in [2.05, 4.69) is 43.2 Å². The molecule has 1 saturated carbocycles. The molecule has 2 heterocycles. The van der Waals surface area contributed by atoms with Gasteiger partial charge in [-0.1, -0.05) is 38.5 Å². The van der Waals surface area contributed by atoms with Crippen LogP contribution in [0, 0.1) is 23.7 Å². The van der Waals surface area contributed by atoms with Gasteiger partial charge in [-0.15, -0.1) is 0 Å². The van der Waals surface area contributed by atoms with Gasteiger partial charge in [0.1, 0.15) is 17.6 Å². The van der Waals surface area contributed by atoms with Gasteiger partial charge in [0.2, 0.25) is 0 Å². The van der Waals surface area contributed by atoms with Crippen LogP contribution in [0.5, 0.6) is 5.75 Å². The lowest BCUT2D eigenvalue weighted by Crippen LogP contribution is -2.69. The number of esters is 1. The largest absolute Gasteiger partial charge is 0.487 e. The summed E-state index contributed by atoms with van der Waals surface area (Å²) in [5.74, 6) is 6.63. The summed E-state index contributed by atoms with van der Waals surface area (Å²) >= 11 is 0. The first kappa shape index (κ1) is 30.3. The predicted molar refractivity (Wildman–Crippen MR) is 159 cm³/mol. The molecule has 1 amide bonds. The van der Waals surface area contributed by atoms with Gasteiger partial charge in [-0.2, -0.15) is 13.2 Å². The van der Waals surface area contributed by atoms with E-state index in [1.807, 2.05) is 17.0 Å². The number of hydrogen-bond donors (Lipinski definition) is 0. The summed E-state index contributed by atoms with van der Waals surface area (Å²) in [7, 11) is 0. The Morgan fingerprint density at radius 2 is 1.93 bits per heavy atom. The molecule has 44 heavy (non-hydrogen) atoms. The summed E-state index contributed by atoms with van der Waals surface area (Å²) in [6, 6.07) is 10.8. The Labute approximate surface area is 256 Å². The van der Waals surface area contributed by atoms with Gasteiger partial charge in [0.25, 0.3) is 5.91 Å². The smallest absolute Gasteiger partial charge is 0.416 e. The molecule has 0 aromatic heterocycles. The Balaban J connectivity index is 1.31. The van der Waals surface area contributed by atoms with Crippen LogP contribution in [0.1, 0.15) is 62.3 Å². The van der Waals surface area contributed by atoms with Crippen LogP contribution >= 0.6 is 0 Å². The predicted octanol–water partition coefficient (Wildman–Crippen LogP) is 5.73. The van der Waals surface area contributed by atoms with E-state index in [-0.39, 0.29) is 41.4 Å². The van der Waals surface area contributed by atoms with Gasteiger partial charge in [-0.25, -0.2) is 0 Å². The minimum absolute atomic E-state index is 0.176. The lowest BCUT2D eigenvalue weighted by atomic mass is 9.51. The molecular formula is C35H37F3N2O4. The van der Waals surface area contributed by atoms with E-state index >= 15 is 0 Å². The van der Waals surface area contributed by atoms with Crippen molar-refractivity contribution in [3.63, 3.8) is 0 Å². The summed E-state index contributed by atoms with van der Waals surface area (Å²) in [6.45, 7) is 11.2. The minimum atomic E-state index is -4.43. The molecule has 9 heteroatoms. The number of ether oxygens (including phenoxy) is 2.